The van der Waals surface area contributed by atoms with Gasteiger partial charge in [0.25, 0.3) is 0 Å². The van der Waals surface area contributed by atoms with E-state index in [-0.39, 0.29) is 17.6 Å². The van der Waals surface area contributed by atoms with Crippen LogP contribution in [0.3, 0.4) is 0 Å². The number of halogens is 4. The molecule has 0 aliphatic carbocycles. The zero-order valence-electron chi connectivity index (χ0n) is 19.4. The summed E-state index contributed by atoms with van der Waals surface area (Å²) in [6, 6.07) is 0.556. The lowest BCUT2D eigenvalue weighted by molar-refractivity contribution is -0.137. The van der Waals surface area contributed by atoms with E-state index in [0.717, 1.165) is 12.4 Å². The molecule has 1 aliphatic heterocycles. The van der Waals surface area contributed by atoms with Crippen molar-refractivity contribution in [1.82, 2.24) is 30.3 Å². The standard InChI is InChI=1S/C22H25F4N7O2/c1-4-17-30-32-19(35-17)21(5-2)10-12(3)6-7-33(21)20(34)29-16-8-13(18-27-11-28-31-18)14(9-15(16)23)22(24,25)26/h8-9,11-12H,4-7,10H2,1-3H3,(H,29,34)(H,27,28,31)/t12-,21-/m0/s1. The van der Waals surface area contributed by atoms with E-state index in [1.165, 1.54) is 4.90 Å². The predicted octanol–water partition coefficient (Wildman–Crippen LogP) is 5.14. The minimum Gasteiger partial charge on any atom is -0.423 e. The molecular formula is C22H25F4N7O2. The molecule has 9 nitrogen and oxygen atoms in total. The van der Waals surface area contributed by atoms with E-state index in [0.29, 0.717) is 44.2 Å². The van der Waals surface area contributed by atoms with Crippen LogP contribution in [0.25, 0.3) is 11.4 Å². The van der Waals surface area contributed by atoms with Gasteiger partial charge in [-0.3, -0.25) is 5.10 Å². The first-order valence-electron chi connectivity index (χ1n) is 11.3. The van der Waals surface area contributed by atoms with Gasteiger partial charge < -0.3 is 14.6 Å². The molecular weight excluding hydrogens is 470 g/mol. The van der Waals surface area contributed by atoms with Crippen molar-refractivity contribution in [3.8, 4) is 11.4 Å². The van der Waals surface area contributed by atoms with Crippen LogP contribution in [0.15, 0.2) is 22.9 Å². The summed E-state index contributed by atoms with van der Waals surface area (Å²) in [5.41, 5.74) is -3.03. The summed E-state index contributed by atoms with van der Waals surface area (Å²) < 4.78 is 61.3. The molecule has 2 atom stereocenters. The average Bonchev–Trinajstić information content (AvgIpc) is 3.51. The second-order valence-electron chi connectivity index (χ2n) is 8.63. The quantitative estimate of drug-likeness (QED) is 0.474. The summed E-state index contributed by atoms with van der Waals surface area (Å²) in [7, 11) is 0. The highest BCUT2D eigenvalue weighted by Gasteiger charge is 2.48. The molecule has 0 bridgehead atoms. The number of aromatic amines is 1. The third-order valence-corrected chi connectivity index (χ3v) is 6.37. The highest BCUT2D eigenvalue weighted by molar-refractivity contribution is 5.91. The van der Waals surface area contributed by atoms with Crippen LogP contribution in [-0.4, -0.2) is 42.9 Å². The van der Waals surface area contributed by atoms with Crippen LogP contribution < -0.4 is 5.32 Å². The number of aryl methyl sites for hydroxylation is 1. The van der Waals surface area contributed by atoms with Gasteiger partial charge in [-0.15, -0.1) is 10.2 Å². The fourth-order valence-electron chi connectivity index (χ4n) is 4.54. The van der Waals surface area contributed by atoms with Gasteiger partial charge in [-0.25, -0.2) is 14.2 Å². The Morgan fingerprint density at radius 2 is 2.09 bits per heavy atom. The highest BCUT2D eigenvalue weighted by Crippen LogP contribution is 2.43. The molecule has 0 saturated carbocycles. The molecule has 3 aromatic rings. The number of carbonyl (C=O) groups excluding carboxylic acids is 1. The summed E-state index contributed by atoms with van der Waals surface area (Å²) in [5.74, 6) is -0.476. The van der Waals surface area contributed by atoms with Gasteiger partial charge in [0.1, 0.15) is 17.7 Å². The SMILES string of the molecule is CCc1nnc([C@]2(CC)C[C@@H](C)CCN2C(=O)Nc2cc(-c3ncn[nH]3)c(C(F)(F)F)cc2F)o1. The minimum absolute atomic E-state index is 0.208. The number of aromatic nitrogens is 5. The van der Waals surface area contributed by atoms with E-state index in [4.69, 9.17) is 4.42 Å². The molecule has 0 radical (unpaired) electrons. The second kappa shape index (κ2) is 9.27. The van der Waals surface area contributed by atoms with Gasteiger partial charge in [0, 0.05) is 18.5 Å². The van der Waals surface area contributed by atoms with Gasteiger partial charge in [-0.05, 0) is 37.3 Å². The van der Waals surface area contributed by atoms with Gasteiger partial charge >= 0.3 is 12.2 Å². The first kappa shape index (κ1) is 24.6. The minimum atomic E-state index is -4.85. The summed E-state index contributed by atoms with van der Waals surface area (Å²) in [5, 5.41) is 16.6. The molecule has 2 N–H and O–H groups in total. The summed E-state index contributed by atoms with van der Waals surface area (Å²) in [4.78, 5) is 18.7. The molecule has 35 heavy (non-hydrogen) atoms. The lowest BCUT2D eigenvalue weighted by atomic mass is 9.79. The third kappa shape index (κ3) is 4.58. The molecule has 2 aromatic heterocycles. The number of hydrogen-bond donors (Lipinski definition) is 2. The maximum absolute atomic E-state index is 14.8. The molecule has 2 amide bonds. The van der Waals surface area contributed by atoms with Gasteiger partial charge in [0.2, 0.25) is 11.8 Å². The van der Waals surface area contributed by atoms with Gasteiger partial charge in [-0.1, -0.05) is 20.8 Å². The monoisotopic (exact) mass is 495 g/mol. The van der Waals surface area contributed by atoms with E-state index in [9.17, 15) is 22.4 Å². The van der Waals surface area contributed by atoms with Crippen LogP contribution in [0, 0.1) is 11.7 Å². The van der Waals surface area contributed by atoms with Crippen molar-refractivity contribution in [3.63, 3.8) is 0 Å². The summed E-state index contributed by atoms with van der Waals surface area (Å²) >= 11 is 0. The molecule has 4 rings (SSSR count). The number of urea groups is 1. The Bertz CT molecular complexity index is 1200. The smallest absolute Gasteiger partial charge is 0.417 e. The number of piperidine rings is 1. The molecule has 1 saturated heterocycles. The van der Waals surface area contributed by atoms with Crippen LogP contribution in [0.1, 0.15) is 57.4 Å². The Hall–Kier alpha value is -3.51. The number of nitrogens with zero attached hydrogens (tertiary/aromatic N) is 5. The van der Waals surface area contributed by atoms with Crippen molar-refractivity contribution in [1.29, 1.82) is 0 Å². The van der Waals surface area contributed by atoms with E-state index in [1.54, 1.807) is 0 Å². The maximum Gasteiger partial charge on any atom is 0.417 e. The molecule has 0 spiro atoms. The van der Waals surface area contributed by atoms with Crippen LogP contribution in [-0.2, 0) is 18.1 Å². The van der Waals surface area contributed by atoms with Crippen molar-refractivity contribution in [2.24, 2.45) is 5.92 Å². The lowest BCUT2D eigenvalue weighted by Crippen LogP contribution is -2.55. The number of amides is 2. The van der Waals surface area contributed by atoms with Crippen molar-refractivity contribution >= 4 is 11.7 Å². The van der Waals surface area contributed by atoms with Gasteiger partial charge in [0.15, 0.2) is 5.82 Å². The van der Waals surface area contributed by atoms with Gasteiger partial charge in [0.05, 0.1) is 11.3 Å². The van der Waals surface area contributed by atoms with E-state index in [2.05, 4.69) is 37.6 Å². The highest BCUT2D eigenvalue weighted by atomic mass is 19.4. The molecule has 1 fully saturated rings. The Morgan fingerprint density at radius 1 is 1.31 bits per heavy atom. The normalized spacial score (nSPS) is 20.8. The van der Waals surface area contributed by atoms with Crippen molar-refractivity contribution < 1.29 is 26.8 Å². The van der Waals surface area contributed by atoms with Crippen LogP contribution in [0.4, 0.5) is 28.0 Å². The number of benzene rings is 1. The molecule has 0 unspecified atom stereocenters. The third-order valence-electron chi connectivity index (χ3n) is 6.37. The topological polar surface area (TPSA) is 113 Å². The first-order valence-corrected chi connectivity index (χ1v) is 11.3. The number of likely N-dealkylation sites (tertiary alicyclic amines) is 1. The summed E-state index contributed by atoms with van der Waals surface area (Å²) in [6.45, 7) is 6.12. The fourth-order valence-corrected chi connectivity index (χ4v) is 4.54. The number of rotatable bonds is 5. The molecule has 1 aliphatic rings. The average molecular weight is 495 g/mol. The fraction of sp³-hybridized carbons (Fsp3) is 0.500. The molecule has 1 aromatic carbocycles. The van der Waals surface area contributed by atoms with Crippen molar-refractivity contribution in [2.75, 3.05) is 11.9 Å². The first-order chi connectivity index (χ1) is 16.6. The number of alkyl halides is 3. The predicted molar refractivity (Wildman–Crippen MR) is 117 cm³/mol. The zero-order chi connectivity index (χ0) is 25.4. The lowest BCUT2D eigenvalue weighted by Gasteiger charge is -2.46. The van der Waals surface area contributed by atoms with E-state index in [1.807, 2.05) is 13.8 Å². The Labute approximate surface area is 198 Å². The maximum atomic E-state index is 14.8. The van der Waals surface area contributed by atoms with Gasteiger partial charge in [-0.2, -0.15) is 18.3 Å². The number of carbonyl (C=O) groups is 1. The van der Waals surface area contributed by atoms with Crippen LogP contribution >= 0.6 is 0 Å². The number of hydrogen-bond acceptors (Lipinski definition) is 6. The van der Waals surface area contributed by atoms with E-state index >= 15 is 0 Å². The van der Waals surface area contributed by atoms with Crippen molar-refractivity contribution in [2.45, 2.75) is 58.2 Å². The number of nitrogens with one attached hydrogen (secondary N) is 2. The molecule has 188 valence electrons. The number of anilines is 1. The molecule has 13 heteroatoms. The van der Waals surface area contributed by atoms with Crippen molar-refractivity contribution in [3.05, 3.63) is 41.6 Å². The Kier molecular flexibility index (Phi) is 6.52. The largest absolute Gasteiger partial charge is 0.423 e. The number of H-pyrrole nitrogens is 1. The Balaban J connectivity index is 1.72. The second-order valence-corrected chi connectivity index (χ2v) is 8.63. The molecule has 3 heterocycles. The Morgan fingerprint density at radius 3 is 2.69 bits per heavy atom. The van der Waals surface area contributed by atoms with Crippen LogP contribution in [0.5, 0.6) is 0 Å². The van der Waals surface area contributed by atoms with Crippen LogP contribution in [0.2, 0.25) is 0 Å². The zero-order valence-corrected chi connectivity index (χ0v) is 19.4. The summed E-state index contributed by atoms with van der Waals surface area (Å²) in [6.07, 6.45) is -1.61. The van der Waals surface area contributed by atoms with E-state index < -0.39 is 40.4 Å².